The van der Waals surface area contributed by atoms with E-state index in [1.54, 1.807) is 0 Å². The van der Waals surface area contributed by atoms with Crippen molar-refractivity contribution in [3.05, 3.63) is 53.1 Å². The van der Waals surface area contributed by atoms with Gasteiger partial charge in [-0.3, -0.25) is 14.4 Å². The Bertz CT molecular complexity index is 1160. The number of aliphatic hydroxyl groups excluding tert-OH is 1. The number of aliphatic hydroxyl groups is 1. The minimum atomic E-state index is -4.49. The third kappa shape index (κ3) is 6.68. The lowest BCUT2D eigenvalue weighted by atomic mass is 9.85. The number of imidazole rings is 1. The van der Waals surface area contributed by atoms with Crippen LogP contribution >= 0.6 is 0 Å². The van der Waals surface area contributed by atoms with E-state index < -0.39 is 41.2 Å². The molecule has 3 N–H and O–H groups in total. The summed E-state index contributed by atoms with van der Waals surface area (Å²) in [5, 5.41) is 13.0. The van der Waals surface area contributed by atoms with Crippen molar-refractivity contribution < 1.29 is 32.7 Å². The fraction of sp³-hybridized carbons (Fsp3) is 0.520. The highest BCUT2D eigenvalue weighted by atomic mass is 19.4. The van der Waals surface area contributed by atoms with Crippen LogP contribution in [0.15, 0.2) is 30.5 Å². The number of carbonyl (C=O) groups excluding carboxylic acids is 3. The summed E-state index contributed by atoms with van der Waals surface area (Å²) < 4.78 is 39.0. The van der Waals surface area contributed by atoms with Crippen LogP contribution in [-0.4, -0.2) is 68.3 Å². The first-order valence-electron chi connectivity index (χ1n) is 11.8. The molecule has 2 heterocycles. The summed E-state index contributed by atoms with van der Waals surface area (Å²) in [6.07, 6.45) is -3.83. The van der Waals surface area contributed by atoms with Gasteiger partial charge in [0.2, 0.25) is 11.8 Å². The zero-order chi connectivity index (χ0) is 27.7. The molecule has 1 fully saturated rings. The molecule has 0 saturated carbocycles. The maximum absolute atomic E-state index is 13.4. The molecule has 2 aromatic rings. The van der Waals surface area contributed by atoms with Crippen LogP contribution in [0.4, 0.5) is 13.2 Å². The molecule has 0 radical (unpaired) electrons. The van der Waals surface area contributed by atoms with Gasteiger partial charge in [0.05, 0.1) is 23.9 Å². The number of alkyl halides is 3. The van der Waals surface area contributed by atoms with Gasteiger partial charge in [-0.2, -0.15) is 13.2 Å². The van der Waals surface area contributed by atoms with E-state index in [0.29, 0.717) is 5.56 Å². The van der Waals surface area contributed by atoms with Gasteiger partial charge in [0, 0.05) is 33.5 Å². The SMILES string of the molecule is CC(=O)N[C@H](C(=O)N1C[C@H](O)C[C@H]1c1ncc(C(=O)N(C)Cc2cccc(C(F)(F)F)c2)[nH]1)C(C)(C)C. The molecule has 1 aromatic carbocycles. The highest BCUT2D eigenvalue weighted by Crippen LogP contribution is 2.34. The molecule has 202 valence electrons. The van der Waals surface area contributed by atoms with Gasteiger partial charge < -0.3 is 25.2 Å². The van der Waals surface area contributed by atoms with Crippen LogP contribution in [0, 0.1) is 5.41 Å². The highest BCUT2D eigenvalue weighted by molar-refractivity contribution is 5.92. The van der Waals surface area contributed by atoms with E-state index in [0.717, 1.165) is 12.1 Å². The van der Waals surface area contributed by atoms with Crippen molar-refractivity contribution in [1.29, 1.82) is 0 Å². The zero-order valence-corrected chi connectivity index (χ0v) is 21.4. The summed E-state index contributed by atoms with van der Waals surface area (Å²) in [7, 11) is 1.46. The van der Waals surface area contributed by atoms with E-state index in [-0.39, 0.29) is 42.8 Å². The van der Waals surface area contributed by atoms with Gasteiger partial charge in [0.25, 0.3) is 5.91 Å². The zero-order valence-electron chi connectivity index (χ0n) is 21.4. The van der Waals surface area contributed by atoms with Gasteiger partial charge in [0.15, 0.2) is 0 Å². The summed E-state index contributed by atoms with van der Waals surface area (Å²) in [4.78, 5) is 48.0. The molecule has 3 rings (SSSR count). The Labute approximate surface area is 213 Å². The fourth-order valence-corrected chi connectivity index (χ4v) is 4.35. The van der Waals surface area contributed by atoms with Gasteiger partial charge in [-0.05, 0) is 23.1 Å². The van der Waals surface area contributed by atoms with Crippen molar-refractivity contribution in [2.45, 2.75) is 65.0 Å². The second-order valence-electron chi connectivity index (χ2n) is 10.4. The van der Waals surface area contributed by atoms with Crippen LogP contribution < -0.4 is 5.32 Å². The van der Waals surface area contributed by atoms with Crippen LogP contribution in [0.1, 0.15) is 67.6 Å². The van der Waals surface area contributed by atoms with Crippen molar-refractivity contribution in [1.82, 2.24) is 25.1 Å². The molecule has 0 aliphatic carbocycles. The Kier molecular flexibility index (Phi) is 8.01. The number of H-pyrrole nitrogens is 1. The van der Waals surface area contributed by atoms with E-state index in [1.807, 2.05) is 20.8 Å². The maximum Gasteiger partial charge on any atom is 0.416 e. The van der Waals surface area contributed by atoms with E-state index in [2.05, 4.69) is 15.3 Å². The summed E-state index contributed by atoms with van der Waals surface area (Å²) in [5.41, 5.74) is -0.996. The number of nitrogens with zero attached hydrogens (tertiary/aromatic N) is 3. The van der Waals surface area contributed by atoms with Crippen molar-refractivity contribution in [2.75, 3.05) is 13.6 Å². The lowest BCUT2D eigenvalue weighted by Crippen LogP contribution is -2.54. The van der Waals surface area contributed by atoms with Crippen molar-refractivity contribution in [3.8, 4) is 0 Å². The summed E-state index contributed by atoms with van der Waals surface area (Å²) >= 11 is 0. The van der Waals surface area contributed by atoms with Crippen LogP contribution in [0.5, 0.6) is 0 Å². The smallest absolute Gasteiger partial charge is 0.391 e. The van der Waals surface area contributed by atoms with Crippen molar-refractivity contribution >= 4 is 17.7 Å². The first kappa shape index (κ1) is 28.2. The molecule has 3 atom stereocenters. The average molecular weight is 524 g/mol. The number of amides is 3. The van der Waals surface area contributed by atoms with Crippen LogP contribution in [0.3, 0.4) is 0 Å². The van der Waals surface area contributed by atoms with Gasteiger partial charge >= 0.3 is 6.18 Å². The van der Waals surface area contributed by atoms with E-state index >= 15 is 0 Å². The van der Waals surface area contributed by atoms with Crippen LogP contribution in [0.2, 0.25) is 0 Å². The molecule has 12 heteroatoms. The number of hydrogen-bond donors (Lipinski definition) is 3. The second kappa shape index (κ2) is 10.5. The first-order valence-corrected chi connectivity index (χ1v) is 11.8. The fourth-order valence-electron chi connectivity index (χ4n) is 4.35. The molecule has 0 bridgehead atoms. The predicted molar refractivity (Wildman–Crippen MR) is 128 cm³/mol. The van der Waals surface area contributed by atoms with E-state index in [4.69, 9.17) is 0 Å². The molecule has 0 spiro atoms. The standard InChI is InChI=1S/C25H32F3N5O4/c1-14(34)30-20(24(2,3)4)23(37)33-13-17(35)10-19(33)21-29-11-18(31-21)22(36)32(5)12-15-7-6-8-16(9-15)25(26,27)28/h6-9,11,17,19-20,35H,10,12-13H2,1-5H3,(H,29,31)(H,30,34)/t17-,19+,20-/m1/s1. The topological polar surface area (TPSA) is 119 Å². The molecule has 0 unspecified atom stereocenters. The Hall–Kier alpha value is -3.41. The highest BCUT2D eigenvalue weighted by Gasteiger charge is 2.43. The lowest BCUT2D eigenvalue weighted by Gasteiger charge is -2.35. The minimum Gasteiger partial charge on any atom is -0.391 e. The first-order chi connectivity index (χ1) is 17.1. The van der Waals surface area contributed by atoms with Gasteiger partial charge in [0.1, 0.15) is 17.6 Å². The van der Waals surface area contributed by atoms with Gasteiger partial charge in [-0.1, -0.05) is 32.9 Å². The van der Waals surface area contributed by atoms with Crippen LogP contribution in [-0.2, 0) is 22.3 Å². The number of β-amino-alcohol motifs (C(OH)–C–C–N with tert-alkyl or cyclic N) is 1. The third-order valence-corrected chi connectivity index (χ3v) is 6.18. The van der Waals surface area contributed by atoms with E-state index in [9.17, 15) is 32.7 Å². The third-order valence-electron chi connectivity index (χ3n) is 6.18. The second-order valence-corrected chi connectivity index (χ2v) is 10.4. The number of aromatic nitrogens is 2. The van der Waals surface area contributed by atoms with E-state index in [1.165, 1.54) is 42.1 Å². The number of aromatic amines is 1. The molecule has 1 saturated heterocycles. The number of likely N-dealkylation sites (tertiary alicyclic amines) is 1. The Morgan fingerprint density at radius 1 is 1.27 bits per heavy atom. The van der Waals surface area contributed by atoms with Crippen LogP contribution in [0.25, 0.3) is 0 Å². The molecule has 37 heavy (non-hydrogen) atoms. The number of hydrogen-bond acceptors (Lipinski definition) is 5. The number of nitrogens with one attached hydrogen (secondary N) is 2. The predicted octanol–water partition coefficient (Wildman–Crippen LogP) is 2.89. The maximum atomic E-state index is 13.4. The Morgan fingerprint density at radius 2 is 1.95 bits per heavy atom. The Balaban J connectivity index is 1.78. The van der Waals surface area contributed by atoms with Gasteiger partial charge in [-0.25, -0.2) is 4.98 Å². The average Bonchev–Trinajstić information content (AvgIpc) is 3.42. The molecular weight excluding hydrogens is 491 g/mol. The molecule has 1 aliphatic rings. The summed E-state index contributed by atoms with van der Waals surface area (Å²) in [5.74, 6) is -0.955. The summed E-state index contributed by atoms with van der Waals surface area (Å²) in [6, 6.07) is 3.25. The normalized spacial score (nSPS) is 19.0. The number of rotatable bonds is 6. The van der Waals surface area contributed by atoms with Gasteiger partial charge in [-0.15, -0.1) is 0 Å². The molecule has 3 amide bonds. The molecule has 1 aromatic heterocycles. The molecular formula is C25H32F3N5O4. The number of halogens is 3. The number of benzene rings is 1. The molecule has 1 aliphatic heterocycles. The molecule has 9 nitrogen and oxygen atoms in total. The van der Waals surface area contributed by atoms with Crippen molar-refractivity contribution in [3.63, 3.8) is 0 Å². The lowest BCUT2D eigenvalue weighted by molar-refractivity contribution is -0.140. The van der Waals surface area contributed by atoms with Crippen molar-refractivity contribution in [2.24, 2.45) is 5.41 Å². The number of carbonyl (C=O) groups is 3. The largest absolute Gasteiger partial charge is 0.416 e. The Morgan fingerprint density at radius 3 is 2.54 bits per heavy atom. The monoisotopic (exact) mass is 523 g/mol. The minimum absolute atomic E-state index is 0.0368. The summed E-state index contributed by atoms with van der Waals surface area (Å²) in [6.45, 7) is 6.75. The quantitative estimate of drug-likeness (QED) is 0.538.